The van der Waals surface area contributed by atoms with Gasteiger partial charge in [0.15, 0.2) is 0 Å². The number of nitrogens with zero attached hydrogens (tertiary/aromatic N) is 3. The number of nitrogens with one attached hydrogen (secondary N) is 3. The van der Waals surface area contributed by atoms with Crippen LogP contribution >= 0.6 is 0 Å². The molecule has 3 N–H and O–H groups in total. The Hall–Kier alpha value is -2.77. The second-order valence-electron chi connectivity index (χ2n) is 5.94. The van der Waals surface area contributed by atoms with Gasteiger partial charge in [-0.15, -0.1) is 5.10 Å². The van der Waals surface area contributed by atoms with Gasteiger partial charge in [0, 0.05) is 18.0 Å². The summed E-state index contributed by atoms with van der Waals surface area (Å²) in [5.74, 6) is 0.102. The molecule has 1 heterocycles. The molecule has 2 aromatic rings. The first kappa shape index (κ1) is 16.1. The number of rotatable bonds is 5. The van der Waals surface area contributed by atoms with Crippen molar-refractivity contribution in [2.24, 2.45) is 5.92 Å². The van der Waals surface area contributed by atoms with E-state index in [1.54, 1.807) is 12.1 Å². The lowest BCUT2D eigenvalue weighted by atomic mass is 9.88. The molecule has 8 heteroatoms. The summed E-state index contributed by atoms with van der Waals surface area (Å²) in [5, 5.41) is 18.5. The number of tetrazole rings is 1. The van der Waals surface area contributed by atoms with E-state index in [1.165, 1.54) is 6.42 Å². The zero-order chi connectivity index (χ0) is 16.8. The largest absolute Gasteiger partial charge is 0.352 e. The first-order valence-corrected chi connectivity index (χ1v) is 8.14. The Balaban J connectivity index is 1.50. The lowest BCUT2D eigenvalue weighted by Crippen LogP contribution is -2.31. The Kier molecular flexibility index (Phi) is 5.15. The normalized spacial score (nSPS) is 15.0. The standard InChI is InChI=1S/C16H20N6O2/c23-14(12-4-2-1-3-5-12)17-10-11-6-8-13(9-7-11)15(24)18-16-19-21-22-20-16/h6-9,12H,1-5,10H2,(H,17,23)(H2,18,19,20,21,22,24). The number of carbonyl (C=O) groups is 2. The second-order valence-corrected chi connectivity index (χ2v) is 5.94. The van der Waals surface area contributed by atoms with Crippen LogP contribution in [0.5, 0.6) is 0 Å². The van der Waals surface area contributed by atoms with Gasteiger partial charge < -0.3 is 5.32 Å². The number of amides is 2. The average molecular weight is 328 g/mol. The molecule has 0 saturated heterocycles. The average Bonchev–Trinajstić information content (AvgIpc) is 3.14. The van der Waals surface area contributed by atoms with Crippen molar-refractivity contribution in [1.82, 2.24) is 25.9 Å². The lowest BCUT2D eigenvalue weighted by molar-refractivity contribution is -0.126. The van der Waals surface area contributed by atoms with Gasteiger partial charge in [-0.05, 0) is 35.8 Å². The van der Waals surface area contributed by atoms with Gasteiger partial charge >= 0.3 is 0 Å². The molecule has 3 rings (SSSR count). The van der Waals surface area contributed by atoms with Crippen LogP contribution in [0.1, 0.15) is 48.0 Å². The Labute approximate surface area is 139 Å². The smallest absolute Gasteiger partial charge is 0.270 e. The summed E-state index contributed by atoms with van der Waals surface area (Å²) in [6, 6.07) is 7.06. The molecule has 1 saturated carbocycles. The minimum Gasteiger partial charge on any atom is -0.352 e. The van der Waals surface area contributed by atoms with Crippen LogP contribution in [0, 0.1) is 5.92 Å². The number of hydrogen-bond acceptors (Lipinski definition) is 5. The first-order valence-electron chi connectivity index (χ1n) is 8.14. The number of aromatic nitrogens is 4. The van der Waals surface area contributed by atoms with E-state index in [1.807, 2.05) is 12.1 Å². The maximum Gasteiger partial charge on any atom is 0.270 e. The monoisotopic (exact) mass is 328 g/mol. The van der Waals surface area contributed by atoms with Crippen LogP contribution in [-0.2, 0) is 11.3 Å². The van der Waals surface area contributed by atoms with E-state index in [9.17, 15) is 9.59 Å². The molecule has 0 aliphatic heterocycles. The van der Waals surface area contributed by atoms with E-state index < -0.39 is 0 Å². The molecule has 0 unspecified atom stereocenters. The zero-order valence-corrected chi connectivity index (χ0v) is 13.3. The molecule has 126 valence electrons. The minimum atomic E-state index is -0.311. The Morgan fingerprint density at radius 2 is 1.88 bits per heavy atom. The van der Waals surface area contributed by atoms with E-state index in [2.05, 4.69) is 31.3 Å². The third-order valence-corrected chi connectivity index (χ3v) is 4.23. The third kappa shape index (κ3) is 4.15. The van der Waals surface area contributed by atoms with Gasteiger partial charge in [0.2, 0.25) is 5.91 Å². The summed E-state index contributed by atoms with van der Waals surface area (Å²) in [6.45, 7) is 0.474. The predicted octanol–water partition coefficient (Wildman–Crippen LogP) is 1.65. The molecule has 2 amide bonds. The first-order chi connectivity index (χ1) is 11.7. The van der Waals surface area contributed by atoms with Crippen molar-refractivity contribution in [3.8, 4) is 0 Å². The van der Waals surface area contributed by atoms with Gasteiger partial charge in [-0.3, -0.25) is 14.9 Å². The van der Waals surface area contributed by atoms with Crippen LogP contribution < -0.4 is 10.6 Å². The van der Waals surface area contributed by atoms with Gasteiger partial charge in [0.25, 0.3) is 11.9 Å². The van der Waals surface area contributed by atoms with Crippen molar-refractivity contribution in [2.75, 3.05) is 5.32 Å². The van der Waals surface area contributed by atoms with E-state index >= 15 is 0 Å². The fraction of sp³-hybridized carbons (Fsp3) is 0.438. The van der Waals surface area contributed by atoms with Gasteiger partial charge in [0.1, 0.15) is 0 Å². The minimum absolute atomic E-state index is 0.129. The number of benzene rings is 1. The molecule has 1 aromatic carbocycles. The van der Waals surface area contributed by atoms with E-state index in [4.69, 9.17) is 0 Å². The number of carbonyl (C=O) groups excluding carboxylic acids is 2. The van der Waals surface area contributed by atoms with Crippen LogP contribution in [0.4, 0.5) is 5.95 Å². The van der Waals surface area contributed by atoms with Crippen molar-refractivity contribution < 1.29 is 9.59 Å². The maximum absolute atomic E-state index is 12.1. The second kappa shape index (κ2) is 7.67. The predicted molar refractivity (Wildman–Crippen MR) is 87.0 cm³/mol. The molecule has 24 heavy (non-hydrogen) atoms. The molecule has 8 nitrogen and oxygen atoms in total. The number of anilines is 1. The molecular weight excluding hydrogens is 308 g/mol. The third-order valence-electron chi connectivity index (χ3n) is 4.23. The number of H-pyrrole nitrogens is 1. The Bertz CT molecular complexity index is 677. The van der Waals surface area contributed by atoms with E-state index in [0.29, 0.717) is 12.1 Å². The van der Waals surface area contributed by atoms with Crippen molar-refractivity contribution in [2.45, 2.75) is 38.6 Å². The van der Waals surface area contributed by atoms with Crippen molar-refractivity contribution in [3.05, 3.63) is 35.4 Å². The summed E-state index contributed by atoms with van der Waals surface area (Å²) in [4.78, 5) is 24.1. The van der Waals surface area contributed by atoms with Crippen LogP contribution in [0.25, 0.3) is 0 Å². The molecule has 1 aliphatic carbocycles. The van der Waals surface area contributed by atoms with Crippen molar-refractivity contribution in [1.29, 1.82) is 0 Å². The topological polar surface area (TPSA) is 113 Å². The maximum atomic E-state index is 12.1. The zero-order valence-electron chi connectivity index (χ0n) is 13.3. The molecule has 0 radical (unpaired) electrons. The fourth-order valence-corrected chi connectivity index (χ4v) is 2.86. The molecule has 1 aliphatic rings. The molecule has 1 fully saturated rings. The Morgan fingerprint density at radius 1 is 1.12 bits per heavy atom. The number of hydrogen-bond donors (Lipinski definition) is 3. The molecule has 0 atom stereocenters. The van der Waals surface area contributed by atoms with Gasteiger partial charge in [0.05, 0.1) is 0 Å². The van der Waals surface area contributed by atoms with Crippen LogP contribution in [0.3, 0.4) is 0 Å². The summed E-state index contributed by atoms with van der Waals surface area (Å²) < 4.78 is 0. The highest BCUT2D eigenvalue weighted by Gasteiger charge is 2.20. The van der Waals surface area contributed by atoms with Crippen molar-refractivity contribution >= 4 is 17.8 Å². The molecule has 0 spiro atoms. The quantitative estimate of drug-likeness (QED) is 0.772. The summed E-state index contributed by atoms with van der Waals surface area (Å²) >= 11 is 0. The summed E-state index contributed by atoms with van der Waals surface area (Å²) in [5.41, 5.74) is 1.44. The molecule has 1 aromatic heterocycles. The van der Waals surface area contributed by atoms with E-state index in [0.717, 1.165) is 31.2 Å². The summed E-state index contributed by atoms with van der Waals surface area (Å²) in [7, 11) is 0. The lowest BCUT2D eigenvalue weighted by Gasteiger charge is -2.20. The number of aromatic amines is 1. The Morgan fingerprint density at radius 3 is 2.54 bits per heavy atom. The van der Waals surface area contributed by atoms with Crippen LogP contribution in [-0.4, -0.2) is 32.4 Å². The molecule has 0 bridgehead atoms. The van der Waals surface area contributed by atoms with Gasteiger partial charge in [-0.1, -0.05) is 36.5 Å². The highest BCUT2D eigenvalue weighted by Crippen LogP contribution is 2.23. The van der Waals surface area contributed by atoms with Crippen LogP contribution in [0.15, 0.2) is 24.3 Å². The summed E-state index contributed by atoms with van der Waals surface area (Å²) in [6.07, 6.45) is 5.49. The fourth-order valence-electron chi connectivity index (χ4n) is 2.86. The SMILES string of the molecule is O=C(Nc1nn[nH]n1)c1ccc(CNC(=O)C2CCCCC2)cc1. The highest BCUT2D eigenvalue weighted by atomic mass is 16.2. The highest BCUT2D eigenvalue weighted by molar-refractivity contribution is 6.03. The van der Waals surface area contributed by atoms with Gasteiger partial charge in [-0.2, -0.15) is 5.21 Å². The van der Waals surface area contributed by atoms with Gasteiger partial charge in [-0.25, -0.2) is 0 Å². The van der Waals surface area contributed by atoms with Crippen LogP contribution in [0.2, 0.25) is 0 Å². The van der Waals surface area contributed by atoms with E-state index in [-0.39, 0.29) is 23.7 Å². The molecular formula is C16H20N6O2. The van der Waals surface area contributed by atoms with Crippen molar-refractivity contribution in [3.63, 3.8) is 0 Å².